The summed E-state index contributed by atoms with van der Waals surface area (Å²) in [5, 5.41) is 14.1. The van der Waals surface area contributed by atoms with Crippen molar-refractivity contribution in [3.05, 3.63) is 23.9 Å². The number of aliphatic carboxylic acids is 1. The van der Waals surface area contributed by atoms with Gasteiger partial charge in [0.15, 0.2) is 0 Å². The van der Waals surface area contributed by atoms with Crippen LogP contribution in [0, 0.1) is 5.92 Å². The normalized spacial score (nSPS) is 13.2. The maximum atomic E-state index is 11.6. The van der Waals surface area contributed by atoms with Crippen molar-refractivity contribution in [3.8, 4) is 5.88 Å². The van der Waals surface area contributed by atoms with Gasteiger partial charge in [-0.25, -0.2) is 9.78 Å². The third kappa shape index (κ3) is 4.75. The summed E-state index contributed by atoms with van der Waals surface area (Å²) in [7, 11) is 1.52. The largest absolute Gasteiger partial charge is 0.481 e. The average molecular weight is 281 g/mol. The second kappa shape index (κ2) is 7.32. The van der Waals surface area contributed by atoms with E-state index < -0.39 is 24.0 Å². The molecule has 7 nitrogen and oxygen atoms in total. The number of rotatable bonds is 6. The van der Waals surface area contributed by atoms with Crippen LogP contribution in [0.2, 0.25) is 0 Å². The number of carboxylic acids is 1. The van der Waals surface area contributed by atoms with Gasteiger partial charge in [0.2, 0.25) is 5.88 Å². The van der Waals surface area contributed by atoms with Crippen LogP contribution in [0.4, 0.5) is 4.79 Å². The molecule has 0 aliphatic heterocycles. The van der Waals surface area contributed by atoms with E-state index in [2.05, 4.69) is 15.6 Å². The second-order valence-electron chi connectivity index (χ2n) is 4.45. The Labute approximate surface area is 117 Å². The smallest absolute Gasteiger partial charge is 0.315 e. The zero-order valence-electron chi connectivity index (χ0n) is 11.7. The molecule has 0 aliphatic carbocycles. The Morgan fingerprint density at radius 2 is 2.15 bits per heavy atom. The number of aromatic nitrogens is 1. The standard InChI is InChI=1S/C13H19N3O4/c1-8(12(17)18)9(2)16-13(19)15-7-10-4-5-14-11(6-10)20-3/h4-6,8-9H,7H2,1-3H3,(H,17,18)(H2,15,16,19). The van der Waals surface area contributed by atoms with E-state index in [9.17, 15) is 9.59 Å². The van der Waals surface area contributed by atoms with Gasteiger partial charge in [-0.15, -0.1) is 0 Å². The van der Waals surface area contributed by atoms with Gasteiger partial charge in [0, 0.05) is 24.8 Å². The fraction of sp³-hybridized carbons (Fsp3) is 0.462. The number of carbonyl (C=O) groups is 2. The van der Waals surface area contributed by atoms with Crippen LogP contribution in [-0.4, -0.2) is 35.2 Å². The van der Waals surface area contributed by atoms with E-state index >= 15 is 0 Å². The number of nitrogens with one attached hydrogen (secondary N) is 2. The first-order valence-electron chi connectivity index (χ1n) is 6.20. The Kier molecular flexibility index (Phi) is 5.76. The van der Waals surface area contributed by atoms with E-state index in [1.54, 1.807) is 32.2 Å². The quantitative estimate of drug-likeness (QED) is 0.722. The van der Waals surface area contributed by atoms with Gasteiger partial charge in [0.25, 0.3) is 0 Å². The molecule has 2 amide bonds. The van der Waals surface area contributed by atoms with Crippen LogP contribution in [0.25, 0.3) is 0 Å². The minimum absolute atomic E-state index is 0.304. The van der Waals surface area contributed by atoms with Crippen molar-refractivity contribution in [2.75, 3.05) is 7.11 Å². The number of hydrogen-bond donors (Lipinski definition) is 3. The number of carboxylic acid groups (broad SMARTS) is 1. The van der Waals surface area contributed by atoms with E-state index in [1.807, 2.05) is 0 Å². The molecule has 1 aromatic heterocycles. The number of amides is 2. The van der Waals surface area contributed by atoms with Crippen LogP contribution in [-0.2, 0) is 11.3 Å². The summed E-state index contributed by atoms with van der Waals surface area (Å²) in [5.41, 5.74) is 0.839. The van der Waals surface area contributed by atoms with Crippen molar-refractivity contribution < 1.29 is 19.4 Å². The van der Waals surface area contributed by atoms with Crippen LogP contribution < -0.4 is 15.4 Å². The van der Waals surface area contributed by atoms with E-state index in [4.69, 9.17) is 9.84 Å². The molecular formula is C13H19N3O4. The summed E-state index contributed by atoms with van der Waals surface area (Å²) in [6, 6.07) is 2.59. The van der Waals surface area contributed by atoms with E-state index in [0.717, 1.165) is 5.56 Å². The Bertz CT molecular complexity index is 478. The molecule has 0 saturated carbocycles. The monoisotopic (exact) mass is 281 g/mol. The summed E-state index contributed by atoms with van der Waals surface area (Å²) >= 11 is 0. The molecule has 0 aliphatic rings. The highest BCUT2D eigenvalue weighted by molar-refractivity contribution is 5.76. The minimum atomic E-state index is -0.948. The van der Waals surface area contributed by atoms with Crippen molar-refractivity contribution >= 4 is 12.0 Å². The predicted molar refractivity (Wildman–Crippen MR) is 72.4 cm³/mol. The molecule has 1 heterocycles. The first-order chi connectivity index (χ1) is 9.43. The summed E-state index contributed by atoms with van der Waals surface area (Å²) in [6.07, 6.45) is 1.59. The Morgan fingerprint density at radius 1 is 1.45 bits per heavy atom. The summed E-state index contributed by atoms with van der Waals surface area (Å²) < 4.78 is 4.98. The predicted octanol–water partition coefficient (Wildman–Crippen LogP) is 0.999. The molecule has 0 radical (unpaired) electrons. The number of carbonyl (C=O) groups excluding carboxylic acids is 1. The number of methoxy groups -OCH3 is 1. The second-order valence-corrected chi connectivity index (χ2v) is 4.45. The number of ether oxygens (including phenoxy) is 1. The zero-order valence-corrected chi connectivity index (χ0v) is 11.7. The molecule has 0 bridgehead atoms. The molecule has 0 saturated heterocycles. The van der Waals surface area contributed by atoms with Crippen molar-refractivity contribution in [2.45, 2.75) is 26.4 Å². The molecule has 110 valence electrons. The topological polar surface area (TPSA) is 101 Å². The molecule has 1 aromatic rings. The fourth-order valence-corrected chi connectivity index (χ4v) is 1.45. The van der Waals surface area contributed by atoms with Crippen molar-refractivity contribution in [3.63, 3.8) is 0 Å². The number of urea groups is 1. The SMILES string of the molecule is COc1cc(CNC(=O)NC(C)C(C)C(=O)O)ccn1. The molecule has 0 fully saturated rings. The van der Waals surface area contributed by atoms with E-state index in [0.29, 0.717) is 12.4 Å². The van der Waals surface area contributed by atoms with Gasteiger partial charge >= 0.3 is 12.0 Å². The molecule has 2 unspecified atom stereocenters. The molecule has 2 atom stereocenters. The van der Waals surface area contributed by atoms with Gasteiger partial charge in [-0.2, -0.15) is 0 Å². The van der Waals surface area contributed by atoms with Crippen molar-refractivity contribution in [2.24, 2.45) is 5.92 Å². The lowest BCUT2D eigenvalue weighted by molar-refractivity contribution is -0.141. The average Bonchev–Trinajstić information content (AvgIpc) is 2.44. The zero-order chi connectivity index (χ0) is 15.1. The van der Waals surface area contributed by atoms with Crippen LogP contribution in [0.1, 0.15) is 19.4 Å². The van der Waals surface area contributed by atoms with Crippen LogP contribution in [0.5, 0.6) is 5.88 Å². The summed E-state index contributed by atoms with van der Waals surface area (Å²) in [4.78, 5) is 26.4. The Balaban J connectivity index is 2.45. The molecule has 1 rings (SSSR count). The van der Waals surface area contributed by atoms with Crippen LogP contribution >= 0.6 is 0 Å². The Morgan fingerprint density at radius 3 is 2.75 bits per heavy atom. The highest BCUT2D eigenvalue weighted by Crippen LogP contribution is 2.08. The molecular weight excluding hydrogens is 262 g/mol. The lowest BCUT2D eigenvalue weighted by Gasteiger charge is -2.18. The Hall–Kier alpha value is -2.31. The van der Waals surface area contributed by atoms with Crippen molar-refractivity contribution in [1.29, 1.82) is 0 Å². The maximum Gasteiger partial charge on any atom is 0.315 e. The van der Waals surface area contributed by atoms with Gasteiger partial charge < -0.3 is 20.5 Å². The van der Waals surface area contributed by atoms with Gasteiger partial charge in [-0.05, 0) is 25.5 Å². The summed E-state index contributed by atoms with van der Waals surface area (Å²) in [5.74, 6) is -1.13. The van der Waals surface area contributed by atoms with Crippen LogP contribution in [0.15, 0.2) is 18.3 Å². The number of nitrogens with zero attached hydrogens (tertiary/aromatic N) is 1. The highest BCUT2D eigenvalue weighted by Gasteiger charge is 2.20. The number of hydrogen-bond acceptors (Lipinski definition) is 4. The van der Waals surface area contributed by atoms with Gasteiger partial charge in [0.1, 0.15) is 0 Å². The molecule has 7 heteroatoms. The van der Waals surface area contributed by atoms with Gasteiger partial charge in [0.05, 0.1) is 13.0 Å². The first-order valence-corrected chi connectivity index (χ1v) is 6.20. The van der Waals surface area contributed by atoms with E-state index in [-0.39, 0.29) is 0 Å². The van der Waals surface area contributed by atoms with Crippen LogP contribution in [0.3, 0.4) is 0 Å². The lowest BCUT2D eigenvalue weighted by Crippen LogP contribution is -2.45. The molecule has 0 aromatic carbocycles. The number of pyridine rings is 1. The third-order valence-electron chi connectivity index (χ3n) is 2.96. The fourth-order valence-electron chi connectivity index (χ4n) is 1.45. The lowest BCUT2D eigenvalue weighted by atomic mass is 10.0. The summed E-state index contributed by atoms with van der Waals surface area (Å²) in [6.45, 7) is 3.49. The molecule has 20 heavy (non-hydrogen) atoms. The van der Waals surface area contributed by atoms with Gasteiger partial charge in [-0.1, -0.05) is 0 Å². The minimum Gasteiger partial charge on any atom is -0.481 e. The molecule has 3 N–H and O–H groups in total. The maximum absolute atomic E-state index is 11.6. The van der Waals surface area contributed by atoms with Gasteiger partial charge in [-0.3, -0.25) is 4.79 Å². The molecule has 0 spiro atoms. The third-order valence-corrected chi connectivity index (χ3v) is 2.96. The first kappa shape index (κ1) is 15.7. The highest BCUT2D eigenvalue weighted by atomic mass is 16.5. The van der Waals surface area contributed by atoms with Crippen molar-refractivity contribution in [1.82, 2.24) is 15.6 Å². The van der Waals surface area contributed by atoms with E-state index in [1.165, 1.54) is 7.11 Å².